The van der Waals surface area contributed by atoms with Crippen molar-refractivity contribution in [1.29, 1.82) is 0 Å². The van der Waals surface area contributed by atoms with E-state index in [-0.39, 0.29) is 23.4 Å². The minimum atomic E-state index is -0.993. The molecule has 16 heavy (non-hydrogen) atoms. The Morgan fingerprint density at radius 2 is 2.12 bits per heavy atom. The van der Waals surface area contributed by atoms with Gasteiger partial charge in [0.05, 0.1) is 0 Å². The summed E-state index contributed by atoms with van der Waals surface area (Å²) in [4.78, 5) is 13.5. The summed E-state index contributed by atoms with van der Waals surface area (Å²) in [7, 11) is 0. The molecule has 0 heterocycles. The van der Waals surface area contributed by atoms with Crippen LogP contribution in [0.5, 0.6) is 0 Å². The molecule has 6 heteroatoms. The molecule has 0 aliphatic heterocycles. The molecular weight excluding hydrogens is 208 g/mol. The van der Waals surface area contributed by atoms with Crippen LogP contribution in [0.3, 0.4) is 0 Å². The molecule has 1 atom stereocenters. The number of hydrogen-bond donors (Lipinski definition) is 2. The highest BCUT2D eigenvalue weighted by Crippen LogP contribution is 2.39. The molecule has 1 amide bonds. The Labute approximate surface area is 94.7 Å². The van der Waals surface area contributed by atoms with Crippen LogP contribution in [-0.4, -0.2) is 23.3 Å². The van der Waals surface area contributed by atoms with Gasteiger partial charge in [0.1, 0.15) is 0 Å². The van der Waals surface area contributed by atoms with Crippen LogP contribution in [0.1, 0.15) is 33.6 Å². The Morgan fingerprint density at radius 3 is 2.50 bits per heavy atom. The summed E-state index contributed by atoms with van der Waals surface area (Å²) < 4.78 is 0. The van der Waals surface area contributed by atoms with Crippen LogP contribution in [0.25, 0.3) is 10.4 Å². The molecule has 1 fully saturated rings. The summed E-state index contributed by atoms with van der Waals surface area (Å²) in [5, 5.41) is 15.0. The first-order valence-electron chi connectivity index (χ1n) is 5.38. The van der Waals surface area contributed by atoms with Crippen molar-refractivity contribution in [1.82, 2.24) is 5.32 Å². The molecule has 90 valence electrons. The maximum Gasteiger partial charge on any atom is 0.404 e. The average Bonchev–Trinajstić information content (AvgIpc) is 2.05. The minimum absolute atomic E-state index is 0.0374. The molecule has 1 rings (SSSR count). The fourth-order valence-corrected chi connectivity index (χ4v) is 2.24. The van der Waals surface area contributed by atoms with Crippen LogP contribution >= 0.6 is 0 Å². The molecule has 1 unspecified atom stereocenters. The molecule has 0 spiro atoms. The van der Waals surface area contributed by atoms with E-state index in [4.69, 9.17) is 10.6 Å². The van der Waals surface area contributed by atoms with Gasteiger partial charge in [0, 0.05) is 17.0 Å². The lowest BCUT2D eigenvalue weighted by Crippen LogP contribution is -2.52. The lowest BCUT2D eigenvalue weighted by molar-refractivity contribution is 0.106. The predicted molar refractivity (Wildman–Crippen MR) is 60.1 cm³/mol. The minimum Gasteiger partial charge on any atom is -0.465 e. The number of nitrogens with one attached hydrogen (secondary N) is 1. The fourth-order valence-electron chi connectivity index (χ4n) is 2.24. The van der Waals surface area contributed by atoms with Crippen LogP contribution in [0, 0.1) is 11.3 Å². The Balaban J connectivity index is 2.59. The average molecular weight is 226 g/mol. The molecule has 0 aromatic heterocycles. The molecule has 0 aromatic rings. The van der Waals surface area contributed by atoms with Gasteiger partial charge in [0.25, 0.3) is 0 Å². The van der Waals surface area contributed by atoms with Gasteiger partial charge in [0.15, 0.2) is 0 Å². The number of amides is 1. The van der Waals surface area contributed by atoms with Crippen LogP contribution in [0.15, 0.2) is 5.11 Å². The second-order valence-corrected chi connectivity index (χ2v) is 5.38. The van der Waals surface area contributed by atoms with E-state index < -0.39 is 6.09 Å². The van der Waals surface area contributed by atoms with Gasteiger partial charge in [-0.2, -0.15) is 0 Å². The summed E-state index contributed by atoms with van der Waals surface area (Å²) >= 11 is 0. The van der Waals surface area contributed by atoms with Crippen molar-refractivity contribution in [3.05, 3.63) is 10.4 Å². The third-order valence-corrected chi connectivity index (χ3v) is 3.05. The standard InChI is InChI=1S/C10H18N4O2/c1-10(2,3)8(12-9(15)16)6-4-7(5-6)13-14-11/h6-8,12H,4-5H2,1-3H3,(H,15,16). The molecule has 0 saturated heterocycles. The Kier molecular flexibility index (Phi) is 3.65. The van der Waals surface area contributed by atoms with E-state index >= 15 is 0 Å². The van der Waals surface area contributed by atoms with E-state index in [1.807, 2.05) is 20.8 Å². The lowest BCUT2D eigenvalue weighted by atomic mass is 9.68. The zero-order valence-corrected chi connectivity index (χ0v) is 9.84. The monoisotopic (exact) mass is 226 g/mol. The van der Waals surface area contributed by atoms with Crippen molar-refractivity contribution >= 4 is 6.09 Å². The van der Waals surface area contributed by atoms with Gasteiger partial charge in [-0.3, -0.25) is 0 Å². The Bertz CT molecular complexity index is 311. The third-order valence-electron chi connectivity index (χ3n) is 3.05. The van der Waals surface area contributed by atoms with E-state index in [0.717, 1.165) is 12.8 Å². The predicted octanol–water partition coefficient (Wildman–Crippen LogP) is 2.76. The quantitative estimate of drug-likeness (QED) is 0.439. The van der Waals surface area contributed by atoms with Crippen LogP contribution in [0.4, 0.5) is 4.79 Å². The second kappa shape index (κ2) is 4.61. The first-order chi connectivity index (χ1) is 7.34. The normalized spacial score (nSPS) is 26.2. The first-order valence-corrected chi connectivity index (χ1v) is 5.38. The summed E-state index contributed by atoms with van der Waals surface area (Å²) in [6.07, 6.45) is 0.547. The maximum absolute atomic E-state index is 10.7. The van der Waals surface area contributed by atoms with Crippen molar-refractivity contribution in [2.75, 3.05) is 0 Å². The Hall–Kier alpha value is -1.42. The van der Waals surface area contributed by atoms with Crippen LogP contribution < -0.4 is 5.32 Å². The molecule has 1 aliphatic carbocycles. The van der Waals surface area contributed by atoms with Crippen molar-refractivity contribution in [2.45, 2.75) is 45.7 Å². The number of hydrogen-bond acceptors (Lipinski definition) is 2. The lowest BCUT2D eigenvalue weighted by Gasteiger charge is -2.44. The van der Waals surface area contributed by atoms with Crippen LogP contribution in [-0.2, 0) is 0 Å². The van der Waals surface area contributed by atoms with Crippen molar-refractivity contribution < 1.29 is 9.90 Å². The first kappa shape index (κ1) is 12.6. The van der Waals surface area contributed by atoms with Crippen molar-refractivity contribution in [3.8, 4) is 0 Å². The summed E-state index contributed by atoms with van der Waals surface area (Å²) in [6.45, 7) is 6.03. The second-order valence-electron chi connectivity index (χ2n) is 5.38. The highest BCUT2D eigenvalue weighted by atomic mass is 16.4. The summed E-state index contributed by atoms with van der Waals surface area (Å²) in [6, 6.07) is -0.0504. The van der Waals surface area contributed by atoms with Crippen LogP contribution in [0.2, 0.25) is 0 Å². The smallest absolute Gasteiger partial charge is 0.404 e. The summed E-state index contributed by atoms with van der Waals surface area (Å²) in [5.41, 5.74) is 8.16. The van der Waals surface area contributed by atoms with E-state index in [2.05, 4.69) is 15.3 Å². The van der Waals surface area contributed by atoms with E-state index in [1.165, 1.54) is 0 Å². The van der Waals surface area contributed by atoms with Gasteiger partial charge in [0.2, 0.25) is 0 Å². The topological polar surface area (TPSA) is 98.1 Å². The fraction of sp³-hybridized carbons (Fsp3) is 0.900. The molecule has 1 aliphatic rings. The molecular formula is C10H18N4O2. The molecule has 2 N–H and O–H groups in total. The number of rotatable bonds is 3. The molecule has 6 nitrogen and oxygen atoms in total. The zero-order valence-electron chi connectivity index (χ0n) is 9.84. The van der Waals surface area contributed by atoms with Gasteiger partial charge in [-0.25, -0.2) is 4.79 Å². The molecule has 1 saturated carbocycles. The number of carbonyl (C=O) groups is 1. The largest absolute Gasteiger partial charge is 0.465 e. The maximum atomic E-state index is 10.7. The van der Waals surface area contributed by atoms with E-state index in [9.17, 15) is 4.79 Å². The van der Waals surface area contributed by atoms with E-state index in [0.29, 0.717) is 0 Å². The van der Waals surface area contributed by atoms with Gasteiger partial charge in [-0.05, 0) is 29.7 Å². The van der Waals surface area contributed by atoms with E-state index in [1.54, 1.807) is 0 Å². The third kappa shape index (κ3) is 3.03. The van der Waals surface area contributed by atoms with Crippen molar-refractivity contribution in [3.63, 3.8) is 0 Å². The SMILES string of the molecule is CC(C)(C)C(NC(=O)O)C1CC(N=[N+]=[N-])C1. The number of carboxylic acid groups (broad SMARTS) is 1. The van der Waals surface area contributed by atoms with Gasteiger partial charge < -0.3 is 10.4 Å². The van der Waals surface area contributed by atoms with Crippen molar-refractivity contribution in [2.24, 2.45) is 16.4 Å². The highest BCUT2D eigenvalue weighted by molar-refractivity contribution is 5.65. The number of nitrogens with zero attached hydrogens (tertiary/aromatic N) is 3. The number of azide groups is 1. The summed E-state index contributed by atoms with van der Waals surface area (Å²) in [5.74, 6) is 0.270. The molecule has 0 radical (unpaired) electrons. The van der Waals surface area contributed by atoms with Gasteiger partial charge in [-0.1, -0.05) is 25.9 Å². The molecule has 0 aromatic carbocycles. The highest BCUT2D eigenvalue weighted by Gasteiger charge is 2.40. The Morgan fingerprint density at radius 1 is 1.56 bits per heavy atom. The van der Waals surface area contributed by atoms with Gasteiger partial charge in [-0.15, -0.1) is 0 Å². The molecule has 0 bridgehead atoms. The van der Waals surface area contributed by atoms with Gasteiger partial charge >= 0.3 is 6.09 Å². The zero-order chi connectivity index (χ0) is 12.3.